The Morgan fingerprint density at radius 1 is 1.29 bits per heavy atom. The van der Waals surface area contributed by atoms with Crippen LogP contribution in [0.5, 0.6) is 0 Å². The second kappa shape index (κ2) is 7.65. The highest BCUT2D eigenvalue weighted by Gasteiger charge is 2.00. The number of rotatable bonds is 7. The van der Waals surface area contributed by atoms with Gasteiger partial charge >= 0.3 is 5.97 Å². The number of nitrogens with one attached hydrogen (secondary N) is 1. The van der Waals surface area contributed by atoms with Crippen molar-refractivity contribution in [3.63, 3.8) is 0 Å². The summed E-state index contributed by atoms with van der Waals surface area (Å²) >= 11 is 0. The SMILES string of the molecule is COC(=O)CCCCCNc1ccccc1F. The van der Waals surface area contributed by atoms with Gasteiger partial charge in [0.1, 0.15) is 5.82 Å². The molecule has 4 heteroatoms. The second-order valence-electron chi connectivity index (χ2n) is 3.79. The molecular formula is C13H18FNO2. The lowest BCUT2D eigenvalue weighted by Crippen LogP contribution is -2.04. The van der Waals surface area contributed by atoms with E-state index in [0.717, 1.165) is 19.3 Å². The molecule has 0 spiro atoms. The third-order valence-electron chi connectivity index (χ3n) is 2.47. The Balaban J connectivity index is 2.09. The van der Waals surface area contributed by atoms with Crippen LogP contribution in [0.2, 0.25) is 0 Å². The number of halogens is 1. The molecule has 0 amide bonds. The van der Waals surface area contributed by atoms with E-state index in [1.807, 2.05) is 0 Å². The van der Waals surface area contributed by atoms with E-state index < -0.39 is 0 Å². The summed E-state index contributed by atoms with van der Waals surface area (Å²) in [7, 11) is 1.39. The Morgan fingerprint density at radius 3 is 2.76 bits per heavy atom. The molecule has 0 heterocycles. The predicted octanol–water partition coefficient (Wildman–Crippen LogP) is 2.97. The first-order chi connectivity index (χ1) is 8.24. The average molecular weight is 239 g/mol. The zero-order chi connectivity index (χ0) is 12.5. The highest BCUT2D eigenvalue weighted by atomic mass is 19.1. The summed E-state index contributed by atoms with van der Waals surface area (Å²) in [6.45, 7) is 0.710. The number of benzene rings is 1. The molecule has 1 rings (SSSR count). The van der Waals surface area contributed by atoms with Gasteiger partial charge in [-0.1, -0.05) is 18.6 Å². The number of anilines is 1. The normalized spacial score (nSPS) is 10.0. The third kappa shape index (κ3) is 5.33. The zero-order valence-electron chi connectivity index (χ0n) is 10.0. The predicted molar refractivity (Wildman–Crippen MR) is 65.4 cm³/mol. The van der Waals surface area contributed by atoms with Crippen molar-refractivity contribution >= 4 is 11.7 Å². The van der Waals surface area contributed by atoms with Crippen LogP contribution in [0, 0.1) is 5.82 Å². The van der Waals surface area contributed by atoms with E-state index in [1.165, 1.54) is 13.2 Å². The molecule has 1 aromatic carbocycles. The number of hydrogen-bond donors (Lipinski definition) is 1. The Bertz CT molecular complexity index is 355. The van der Waals surface area contributed by atoms with E-state index in [4.69, 9.17) is 0 Å². The fourth-order valence-corrected chi connectivity index (χ4v) is 1.50. The maximum atomic E-state index is 13.2. The maximum Gasteiger partial charge on any atom is 0.305 e. The Kier molecular flexibility index (Phi) is 6.07. The highest BCUT2D eigenvalue weighted by molar-refractivity contribution is 5.68. The van der Waals surface area contributed by atoms with Crippen LogP contribution >= 0.6 is 0 Å². The van der Waals surface area contributed by atoms with Crippen LogP contribution in [0.15, 0.2) is 24.3 Å². The van der Waals surface area contributed by atoms with Crippen LogP contribution in [0.1, 0.15) is 25.7 Å². The van der Waals surface area contributed by atoms with E-state index in [9.17, 15) is 9.18 Å². The van der Waals surface area contributed by atoms with Gasteiger partial charge in [0.15, 0.2) is 0 Å². The Labute approximate surface area is 101 Å². The van der Waals surface area contributed by atoms with Crippen LogP contribution < -0.4 is 5.32 Å². The molecule has 0 unspecified atom stereocenters. The highest BCUT2D eigenvalue weighted by Crippen LogP contribution is 2.12. The molecule has 0 saturated carbocycles. The van der Waals surface area contributed by atoms with E-state index in [1.54, 1.807) is 18.2 Å². The van der Waals surface area contributed by atoms with Crippen LogP contribution in [0.25, 0.3) is 0 Å². The minimum absolute atomic E-state index is 0.174. The van der Waals surface area contributed by atoms with E-state index in [0.29, 0.717) is 18.7 Å². The van der Waals surface area contributed by atoms with Gasteiger partial charge in [0.2, 0.25) is 0 Å². The molecule has 1 aromatic rings. The molecule has 0 aliphatic heterocycles. The summed E-state index contributed by atoms with van der Waals surface area (Å²) < 4.78 is 17.7. The van der Waals surface area contributed by atoms with E-state index in [2.05, 4.69) is 10.1 Å². The van der Waals surface area contributed by atoms with Gasteiger partial charge in [-0.25, -0.2) is 4.39 Å². The lowest BCUT2D eigenvalue weighted by Gasteiger charge is -2.06. The number of unbranched alkanes of at least 4 members (excludes halogenated alkanes) is 2. The summed E-state index contributed by atoms with van der Waals surface area (Å²) in [5.41, 5.74) is 0.528. The number of ether oxygens (including phenoxy) is 1. The molecule has 1 N–H and O–H groups in total. The first-order valence-corrected chi connectivity index (χ1v) is 5.79. The van der Waals surface area contributed by atoms with Crippen LogP contribution in [-0.4, -0.2) is 19.6 Å². The summed E-state index contributed by atoms with van der Waals surface area (Å²) in [5.74, 6) is -0.408. The average Bonchev–Trinajstić information content (AvgIpc) is 2.35. The Hall–Kier alpha value is -1.58. The molecule has 3 nitrogen and oxygen atoms in total. The fraction of sp³-hybridized carbons (Fsp3) is 0.462. The minimum atomic E-state index is -0.234. The maximum absolute atomic E-state index is 13.2. The topological polar surface area (TPSA) is 38.3 Å². The summed E-state index contributed by atoms with van der Waals surface area (Å²) in [6.07, 6.45) is 3.10. The zero-order valence-corrected chi connectivity index (χ0v) is 10.0. The third-order valence-corrected chi connectivity index (χ3v) is 2.47. The van der Waals surface area contributed by atoms with Gasteiger partial charge in [0, 0.05) is 13.0 Å². The smallest absolute Gasteiger partial charge is 0.305 e. The fourth-order valence-electron chi connectivity index (χ4n) is 1.50. The number of para-hydroxylation sites is 1. The van der Waals surface area contributed by atoms with E-state index in [-0.39, 0.29) is 11.8 Å². The first-order valence-electron chi connectivity index (χ1n) is 5.79. The number of esters is 1. The van der Waals surface area contributed by atoms with Crippen LogP contribution in [-0.2, 0) is 9.53 Å². The molecule has 0 aromatic heterocycles. The van der Waals surface area contributed by atoms with Crippen molar-refractivity contribution in [3.05, 3.63) is 30.1 Å². The summed E-state index contributed by atoms with van der Waals surface area (Å²) in [4.78, 5) is 10.8. The van der Waals surface area contributed by atoms with Gasteiger partial charge in [-0.15, -0.1) is 0 Å². The number of hydrogen-bond acceptors (Lipinski definition) is 3. The number of carbonyl (C=O) groups excluding carboxylic acids is 1. The summed E-state index contributed by atoms with van der Waals surface area (Å²) in [5, 5.41) is 3.02. The van der Waals surface area contributed by atoms with Crippen molar-refractivity contribution in [2.75, 3.05) is 19.0 Å². The molecule has 0 aliphatic carbocycles. The molecule has 0 fully saturated rings. The first kappa shape index (κ1) is 13.5. The molecule has 0 radical (unpaired) electrons. The van der Waals surface area contributed by atoms with Crippen molar-refractivity contribution in [1.82, 2.24) is 0 Å². The molecule has 0 atom stereocenters. The molecule has 94 valence electrons. The molecular weight excluding hydrogens is 221 g/mol. The van der Waals surface area contributed by atoms with Gasteiger partial charge in [-0.3, -0.25) is 4.79 Å². The van der Waals surface area contributed by atoms with Gasteiger partial charge in [-0.2, -0.15) is 0 Å². The van der Waals surface area contributed by atoms with Gasteiger partial charge < -0.3 is 10.1 Å². The van der Waals surface area contributed by atoms with Crippen molar-refractivity contribution in [1.29, 1.82) is 0 Å². The Morgan fingerprint density at radius 2 is 2.06 bits per heavy atom. The van der Waals surface area contributed by atoms with Crippen LogP contribution in [0.3, 0.4) is 0 Å². The second-order valence-corrected chi connectivity index (χ2v) is 3.79. The van der Waals surface area contributed by atoms with Crippen molar-refractivity contribution in [2.24, 2.45) is 0 Å². The minimum Gasteiger partial charge on any atom is -0.469 e. The lowest BCUT2D eigenvalue weighted by atomic mass is 10.2. The molecule has 0 bridgehead atoms. The quantitative estimate of drug-likeness (QED) is 0.587. The van der Waals surface area contributed by atoms with Gasteiger partial charge in [0.25, 0.3) is 0 Å². The van der Waals surface area contributed by atoms with Crippen LogP contribution in [0.4, 0.5) is 10.1 Å². The van der Waals surface area contributed by atoms with Crippen molar-refractivity contribution in [2.45, 2.75) is 25.7 Å². The van der Waals surface area contributed by atoms with Crippen molar-refractivity contribution in [3.8, 4) is 0 Å². The number of carbonyl (C=O) groups is 1. The van der Waals surface area contributed by atoms with E-state index >= 15 is 0 Å². The summed E-state index contributed by atoms with van der Waals surface area (Å²) in [6, 6.07) is 6.60. The van der Waals surface area contributed by atoms with Gasteiger partial charge in [-0.05, 0) is 25.0 Å². The molecule has 17 heavy (non-hydrogen) atoms. The van der Waals surface area contributed by atoms with Crippen molar-refractivity contribution < 1.29 is 13.9 Å². The monoisotopic (exact) mass is 239 g/mol. The number of methoxy groups -OCH3 is 1. The largest absolute Gasteiger partial charge is 0.469 e. The standard InChI is InChI=1S/C13H18FNO2/c1-17-13(16)9-3-2-6-10-15-12-8-5-4-7-11(12)14/h4-5,7-8,15H,2-3,6,9-10H2,1H3. The lowest BCUT2D eigenvalue weighted by molar-refractivity contribution is -0.140. The molecule has 0 saturated heterocycles. The molecule has 0 aliphatic rings. The van der Waals surface area contributed by atoms with Gasteiger partial charge in [0.05, 0.1) is 12.8 Å².